The maximum Gasteiger partial charge on any atom is 0.220 e. The van der Waals surface area contributed by atoms with Crippen LogP contribution in [-0.4, -0.2) is 18.6 Å². The van der Waals surface area contributed by atoms with Gasteiger partial charge in [0.1, 0.15) is 5.75 Å². The van der Waals surface area contributed by atoms with E-state index in [-0.39, 0.29) is 5.91 Å². The molecule has 1 aliphatic rings. The van der Waals surface area contributed by atoms with E-state index in [0.717, 1.165) is 30.6 Å². The number of carbonyl (C=O) groups is 1. The van der Waals surface area contributed by atoms with Crippen LogP contribution in [0.3, 0.4) is 0 Å². The third kappa shape index (κ3) is 4.55. The fourth-order valence-electron chi connectivity index (χ4n) is 2.65. The monoisotopic (exact) mass is 275 g/mol. The number of amides is 1. The molecule has 1 fully saturated rings. The van der Waals surface area contributed by atoms with Gasteiger partial charge in [0, 0.05) is 12.5 Å². The third-order valence-corrected chi connectivity index (χ3v) is 3.87. The molecule has 1 aromatic carbocycles. The lowest BCUT2D eigenvalue weighted by Gasteiger charge is -2.12. The largest absolute Gasteiger partial charge is 0.493 e. The summed E-state index contributed by atoms with van der Waals surface area (Å²) in [6, 6.07) is 6.62. The van der Waals surface area contributed by atoms with E-state index in [1.165, 1.54) is 18.4 Å². The lowest BCUT2D eigenvalue weighted by Crippen LogP contribution is -2.32. The van der Waals surface area contributed by atoms with Gasteiger partial charge in [-0.1, -0.05) is 25.0 Å². The molecule has 0 heterocycles. The highest BCUT2D eigenvalue weighted by Crippen LogP contribution is 2.20. The molecule has 0 saturated heterocycles. The van der Waals surface area contributed by atoms with E-state index in [1.54, 1.807) is 0 Å². The maximum atomic E-state index is 11.8. The van der Waals surface area contributed by atoms with Gasteiger partial charge in [0.15, 0.2) is 0 Å². The molecule has 0 aromatic heterocycles. The van der Waals surface area contributed by atoms with Crippen LogP contribution in [0.25, 0.3) is 0 Å². The molecule has 1 saturated carbocycles. The highest BCUT2D eigenvalue weighted by atomic mass is 16.5. The number of hydrogen-bond acceptors (Lipinski definition) is 2. The minimum Gasteiger partial charge on any atom is -0.493 e. The summed E-state index contributed by atoms with van der Waals surface area (Å²) in [5, 5.41) is 3.10. The van der Waals surface area contributed by atoms with Crippen LogP contribution in [-0.2, 0) is 4.79 Å². The van der Waals surface area contributed by atoms with Crippen molar-refractivity contribution in [3.8, 4) is 5.75 Å². The van der Waals surface area contributed by atoms with Gasteiger partial charge in [0.2, 0.25) is 5.91 Å². The average molecular weight is 275 g/mol. The molecule has 20 heavy (non-hydrogen) atoms. The molecule has 0 radical (unpaired) electrons. The van der Waals surface area contributed by atoms with Gasteiger partial charge in [-0.3, -0.25) is 4.79 Å². The molecule has 1 amide bonds. The summed E-state index contributed by atoms with van der Waals surface area (Å²) in [6.07, 6.45) is 6.12. The van der Waals surface area contributed by atoms with Crippen LogP contribution in [0.4, 0.5) is 0 Å². The molecule has 0 spiro atoms. The van der Waals surface area contributed by atoms with Crippen molar-refractivity contribution >= 4 is 5.91 Å². The van der Waals surface area contributed by atoms with E-state index >= 15 is 0 Å². The van der Waals surface area contributed by atoms with Gasteiger partial charge in [0.25, 0.3) is 0 Å². The number of rotatable bonds is 6. The van der Waals surface area contributed by atoms with E-state index in [2.05, 4.69) is 24.4 Å². The first-order valence-electron chi connectivity index (χ1n) is 7.64. The lowest BCUT2D eigenvalue weighted by atomic mass is 10.1. The molecule has 0 bridgehead atoms. The van der Waals surface area contributed by atoms with Crippen molar-refractivity contribution in [2.45, 2.75) is 58.4 Å². The second-order valence-corrected chi connectivity index (χ2v) is 5.77. The molecular weight excluding hydrogens is 250 g/mol. The van der Waals surface area contributed by atoms with Crippen molar-refractivity contribution in [3.63, 3.8) is 0 Å². The Morgan fingerprint density at radius 1 is 1.30 bits per heavy atom. The summed E-state index contributed by atoms with van der Waals surface area (Å²) in [7, 11) is 0. The molecule has 3 nitrogen and oxygen atoms in total. The Kier molecular flexibility index (Phi) is 5.45. The molecule has 3 heteroatoms. The Hall–Kier alpha value is -1.51. The summed E-state index contributed by atoms with van der Waals surface area (Å²) in [6.45, 7) is 4.70. The molecule has 0 atom stereocenters. The fourth-order valence-corrected chi connectivity index (χ4v) is 2.65. The molecule has 0 unspecified atom stereocenters. The molecule has 1 aromatic rings. The first-order valence-corrected chi connectivity index (χ1v) is 7.64. The Labute approximate surface area is 121 Å². The summed E-state index contributed by atoms with van der Waals surface area (Å²) in [4.78, 5) is 11.8. The molecule has 110 valence electrons. The van der Waals surface area contributed by atoms with Crippen LogP contribution in [0.2, 0.25) is 0 Å². The third-order valence-electron chi connectivity index (χ3n) is 3.87. The average Bonchev–Trinajstić information content (AvgIpc) is 2.91. The van der Waals surface area contributed by atoms with Crippen molar-refractivity contribution in [2.24, 2.45) is 0 Å². The van der Waals surface area contributed by atoms with E-state index in [4.69, 9.17) is 4.74 Å². The van der Waals surface area contributed by atoms with E-state index in [0.29, 0.717) is 19.1 Å². The van der Waals surface area contributed by atoms with E-state index in [9.17, 15) is 4.79 Å². The van der Waals surface area contributed by atoms with Crippen LogP contribution in [0.1, 0.15) is 49.7 Å². The number of benzene rings is 1. The minimum absolute atomic E-state index is 0.168. The summed E-state index contributed by atoms with van der Waals surface area (Å²) in [5.41, 5.74) is 2.34. The van der Waals surface area contributed by atoms with E-state index < -0.39 is 0 Å². The van der Waals surface area contributed by atoms with Gasteiger partial charge in [-0.15, -0.1) is 0 Å². The molecule has 1 N–H and O–H groups in total. The zero-order valence-corrected chi connectivity index (χ0v) is 12.6. The fraction of sp³-hybridized carbons (Fsp3) is 0.588. The van der Waals surface area contributed by atoms with Crippen LogP contribution in [0.15, 0.2) is 18.2 Å². The van der Waals surface area contributed by atoms with Gasteiger partial charge < -0.3 is 10.1 Å². The van der Waals surface area contributed by atoms with Crippen molar-refractivity contribution in [2.75, 3.05) is 6.61 Å². The standard InChI is InChI=1S/C17H25NO2/c1-13-9-10-14(2)16(12-13)20-11-5-8-17(19)18-15-6-3-4-7-15/h9-10,12,15H,3-8,11H2,1-2H3,(H,18,19). The highest BCUT2D eigenvalue weighted by Gasteiger charge is 2.16. The second-order valence-electron chi connectivity index (χ2n) is 5.77. The predicted octanol–water partition coefficient (Wildman–Crippen LogP) is 3.52. The van der Waals surface area contributed by atoms with Gasteiger partial charge in [0.05, 0.1) is 6.61 Å². The number of hydrogen-bond donors (Lipinski definition) is 1. The number of aryl methyl sites for hydroxylation is 2. The smallest absolute Gasteiger partial charge is 0.220 e. The highest BCUT2D eigenvalue weighted by molar-refractivity contribution is 5.76. The van der Waals surface area contributed by atoms with Crippen molar-refractivity contribution in [3.05, 3.63) is 29.3 Å². The normalized spacial score (nSPS) is 15.3. The summed E-state index contributed by atoms with van der Waals surface area (Å²) in [5.74, 6) is 1.10. The number of carbonyl (C=O) groups excluding carboxylic acids is 1. The van der Waals surface area contributed by atoms with Crippen molar-refractivity contribution in [1.82, 2.24) is 5.32 Å². The summed E-state index contributed by atoms with van der Waals surface area (Å²) < 4.78 is 5.76. The van der Waals surface area contributed by atoms with E-state index in [1.807, 2.05) is 13.0 Å². The molecular formula is C17H25NO2. The van der Waals surface area contributed by atoms with Gasteiger partial charge >= 0.3 is 0 Å². The SMILES string of the molecule is Cc1ccc(C)c(OCCCC(=O)NC2CCCC2)c1. The van der Waals surface area contributed by atoms with Crippen LogP contribution < -0.4 is 10.1 Å². The van der Waals surface area contributed by atoms with Gasteiger partial charge in [-0.2, -0.15) is 0 Å². The predicted molar refractivity (Wildman–Crippen MR) is 81.0 cm³/mol. The first-order chi connectivity index (χ1) is 9.65. The number of nitrogens with one attached hydrogen (secondary N) is 1. The Bertz CT molecular complexity index is 450. The quantitative estimate of drug-likeness (QED) is 0.807. The molecule has 1 aliphatic carbocycles. The number of ether oxygens (including phenoxy) is 1. The molecule has 2 rings (SSSR count). The zero-order chi connectivity index (χ0) is 14.4. The Morgan fingerprint density at radius 3 is 2.80 bits per heavy atom. The molecule has 0 aliphatic heterocycles. The van der Waals surface area contributed by atoms with Crippen LogP contribution in [0.5, 0.6) is 5.75 Å². The topological polar surface area (TPSA) is 38.3 Å². The lowest BCUT2D eigenvalue weighted by molar-refractivity contribution is -0.122. The minimum atomic E-state index is 0.168. The van der Waals surface area contributed by atoms with Crippen molar-refractivity contribution in [1.29, 1.82) is 0 Å². The Balaban J connectivity index is 1.65. The summed E-state index contributed by atoms with van der Waals surface area (Å²) >= 11 is 0. The van der Waals surface area contributed by atoms with Crippen LogP contribution >= 0.6 is 0 Å². The Morgan fingerprint density at radius 2 is 2.05 bits per heavy atom. The van der Waals surface area contributed by atoms with Crippen LogP contribution in [0, 0.1) is 13.8 Å². The van der Waals surface area contributed by atoms with Gasteiger partial charge in [-0.05, 0) is 50.3 Å². The van der Waals surface area contributed by atoms with Crippen molar-refractivity contribution < 1.29 is 9.53 Å². The zero-order valence-electron chi connectivity index (χ0n) is 12.6. The van der Waals surface area contributed by atoms with Gasteiger partial charge in [-0.25, -0.2) is 0 Å². The maximum absolute atomic E-state index is 11.8. The first kappa shape index (κ1) is 14.9. The second kappa shape index (κ2) is 7.32.